The molecule has 0 aliphatic heterocycles. The van der Waals surface area contributed by atoms with Crippen LogP contribution in [0.2, 0.25) is 0 Å². The molecule has 13 rings (SSSR count). The molecule has 2 heterocycles. The zero-order valence-electron chi connectivity index (χ0n) is 35.4. The van der Waals surface area contributed by atoms with Crippen LogP contribution < -0.4 is 4.90 Å². The van der Waals surface area contributed by atoms with Crippen molar-refractivity contribution < 1.29 is 4.42 Å². The van der Waals surface area contributed by atoms with E-state index in [1.807, 2.05) is 6.07 Å². The third-order valence-electron chi connectivity index (χ3n) is 13.2. The normalized spacial score (nSPS) is 11.7. The van der Waals surface area contributed by atoms with Gasteiger partial charge in [-0.2, -0.15) is 0 Å². The summed E-state index contributed by atoms with van der Waals surface area (Å²) < 4.78 is 9.01. The van der Waals surface area contributed by atoms with E-state index in [4.69, 9.17) is 4.42 Å². The van der Waals surface area contributed by atoms with Crippen LogP contribution in [0.25, 0.3) is 104 Å². The van der Waals surface area contributed by atoms with Gasteiger partial charge in [-0.25, -0.2) is 0 Å². The first kappa shape index (κ1) is 36.9. The predicted molar refractivity (Wildman–Crippen MR) is 274 cm³/mol. The van der Waals surface area contributed by atoms with Crippen LogP contribution in [0.1, 0.15) is 0 Å². The van der Waals surface area contributed by atoms with Gasteiger partial charge < -0.3 is 13.9 Å². The van der Waals surface area contributed by atoms with Crippen molar-refractivity contribution in [3.05, 3.63) is 243 Å². The van der Waals surface area contributed by atoms with E-state index in [1.54, 1.807) is 0 Å². The van der Waals surface area contributed by atoms with Crippen molar-refractivity contribution in [3.8, 4) is 39.1 Å². The number of furan rings is 1. The van der Waals surface area contributed by atoms with E-state index in [-0.39, 0.29) is 0 Å². The van der Waals surface area contributed by atoms with Crippen molar-refractivity contribution in [3.63, 3.8) is 0 Å². The van der Waals surface area contributed by atoms with E-state index in [1.165, 1.54) is 54.5 Å². The second kappa shape index (κ2) is 15.0. The Labute approximate surface area is 376 Å². The molecule has 0 spiro atoms. The lowest BCUT2D eigenvalue weighted by molar-refractivity contribution is 0.670. The Hall–Kier alpha value is -8.66. The van der Waals surface area contributed by atoms with E-state index in [0.29, 0.717) is 0 Å². The zero-order chi connectivity index (χ0) is 42.8. The molecule has 3 heteroatoms. The molecule has 2 aromatic heterocycles. The van der Waals surface area contributed by atoms with Crippen LogP contribution in [-0.4, -0.2) is 4.57 Å². The third-order valence-corrected chi connectivity index (χ3v) is 13.2. The number of benzene rings is 11. The van der Waals surface area contributed by atoms with Gasteiger partial charge in [0.25, 0.3) is 0 Å². The van der Waals surface area contributed by atoms with Gasteiger partial charge in [-0.1, -0.05) is 182 Å². The SMILES string of the molecule is c1cc(-c2cccc3c2oc2ccccc23)cc(N(c2ccc(-c3ccc4c(ccc5ccccc54)c3)cc2)c2ccccc2-c2ccccc2-n2c3ccccc3c3ccccc32)c1. The highest BCUT2D eigenvalue weighted by Gasteiger charge is 2.22. The molecule has 0 atom stereocenters. The molecule has 0 aliphatic rings. The van der Waals surface area contributed by atoms with Crippen molar-refractivity contribution in [2.24, 2.45) is 0 Å². The Balaban J connectivity index is 0.993. The van der Waals surface area contributed by atoms with Crippen LogP contribution in [0.15, 0.2) is 247 Å². The van der Waals surface area contributed by atoms with Crippen molar-refractivity contribution >= 4 is 82.4 Å². The van der Waals surface area contributed by atoms with Gasteiger partial charge in [-0.05, 0) is 98.9 Å². The average Bonchev–Trinajstić information content (AvgIpc) is 3.93. The molecule has 0 saturated carbocycles. The largest absolute Gasteiger partial charge is 0.455 e. The highest BCUT2D eigenvalue weighted by molar-refractivity contribution is 6.12. The highest BCUT2D eigenvalue weighted by Crippen LogP contribution is 2.46. The van der Waals surface area contributed by atoms with Crippen LogP contribution in [-0.2, 0) is 0 Å². The third kappa shape index (κ3) is 6.05. The first-order valence-corrected chi connectivity index (χ1v) is 22.2. The van der Waals surface area contributed by atoms with Crippen LogP contribution in [0.3, 0.4) is 0 Å². The smallest absolute Gasteiger partial charge is 0.143 e. The molecule has 0 N–H and O–H groups in total. The van der Waals surface area contributed by atoms with Gasteiger partial charge in [0.05, 0.1) is 22.4 Å². The molecule has 0 bridgehead atoms. The standard InChI is InChI=1S/C62H40N2O/c1-2-18-48-42(15-1)31-32-45-39-43(35-38-49(45)48)41-33-36-46(37-34-41)63(47-17-13-16-44(40-47)50-24-14-25-56-55-23-7-12-30-61(55)65-62(50)56)57-26-8-3-19-51(57)52-20-4-9-27-58(52)64-59-28-10-5-21-53(59)54-22-6-11-29-60(54)64/h1-40H. The second-order valence-corrected chi connectivity index (χ2v) is 16.8. The maximum atomic E-state index is 6.58. The summed E-state index contributed by atoms with van der Waals surface area (Å²) in [6.45, 7) is 0. The van der Waals surface area contributed by atoms with Gasteiger partial charge >= 0.3 is 0 Å². The maximum absolute atomic E-state index is 6.58. The zero-order valence-corrected chi connectivity index (χ0v) is 35.4. The Morgan fingerprint density at radius 2 is 0.923 bits per heavy atom. The van der Waals surface area contributed by atoms with Crippen LogP contribution >= 0.6 is 0 Å². The summed E-state index contributed by atoms with van der Waals surface area (Å²) in [4.78, 5) is 2.41. The number of anilines is 3. The molecule has 0 saturated heterocycles. The van der Waals surface area contributed by atoms with E-state index in [2.05, 4.69) is 246 Å². The molecule has 0 unspecified atom stereocenters. The minimum Gasteiger partial charge on any atom is -0.455 e. The van der Waals surface area contributed by atoms with E-state index in [0.717, 1.165) is 66.9 Å². The molecule has 11 aromatic carbocycles. The molecular weight excluding hydrogens is 789 g/mol. The Morgan fingerprint density at radius 3 is 1.75 bits per heavy atom. The molecule has 0 amide bonds. The van der Waals surface area contributed by atoms with Gasteiger partial charge in [-0.15, -0.1) is 0 Å². The van der Waals surface area contributed by atoms with Gasteiger partial charge in [0.15, 0.2) is 0 Å². The van der Waals surface area contributed by atoms with Gasteiger partial charge in [0.2, 0.25) is 0 Å². The van der Waals surface area contributed by atoms with Crippen molar-refractivity contribution in [1.29, 1.82) is 0 Å². The van der Waals surface area contributed by atoms with E-state index in [9.17, 15) is 0 Å². The molecule has 65 heavy (non-hydrogen) atoms. The lowest BCUT2D eigenvalue weighted by atomic mass is 9.96. The number of hydrogen-bond acceptors (Lipinski definition) is 2. The van der Waals surface area contributed by atoms with Crippen molar-refractivity contribution in [1.82, 2.24) is 4.57 Å². The van der Waals surface area contributed by atoms with Crippen LogP contribution in [0.4, 0.5) is 17.1 Å². The molecular formula is C62H40N2O. The van der Waals surface area contributed by atoms with E-state index >= 15 is 0 Å². The molecule has 3 nitrogen and oxygen atoms in total. The quantitative estimate of drug-likeness (QED) is 0.149. The fourth-order valence-electron chi connectivity index (χ4n) is 10.2. The number of rotatable bonds is 7. The predicted octanol–water partition coefficient (Wildman–Crippen LogP) is 17.5. The molecule has 0 fully saturated rings. The number of fused-ring (bicyclic) bond motifs is 9. The van der Waals surface area contributed by atoms with Gasteiger partial charge in [0.1, 0.15) is 11.2 Å². The summed E-state index contributed by atoms with van der Waals surface area (Å²) in [5, 5.41) is 9.76. The van der Waals surface area contributed by atoms with Crippen LogP contribution in [0, 0.1) is 0 Å². The number of nitrogens with zero attached hydrogens (tertiary/aromatic N) is 2. The van der Waals surface area contributed by atoms with Crippen molar-refractivity contribution in [2.75, 3.05) is 4.90 Å². The lowest BCUT2D eigenvalue weighted by Crippen LogP contribution is -2.11. The lowest BCUT2D eigenvalue weighted by Gasteiger charge is -2.29. The minimum atomic E-state index is 0.892. The summed E-state index contributed by atoms with van der Waals surface area (Å²) in [6.07, 6.45) is 0. The van der Waals surface area contributed by atoms with Gasteiger partial charge in [0, 0.05) is 49.6 Å². The summed E-state index contributed by atoms with van der Waals surface area (Å²) in [5.74, 6) is 0. The Bertz CT molecular complexity index is 3910. The molecule has 13 aromatic rings. The fourth-order valence-corrected chi connectivity index (χ4v) is 10.2. The first-order valence-electron chi connectivity index (χ1n) is 22.2. The van der Waals surface area contributed by atoms with Gasteiger partial charge in [-0.3, -0.25) is 0 Å². The topological polar surface area (TPSA) is 21.3 Å². The number of hydrogen-bond donors (Lipinski definition) is 0. The summed E-state index contributed by atoms with van der Waals surface area (Å²) in [5.41, 5.74) is 15.2. The molecule has 0 aliphatic carbocycles. The highest BCUT2D eigenvalue weighted by atomic mass is 16.3. The van der Waals surface area contributed by atoms with Crippen molar-refractivity contribution in [2.45, 2.75) is 0 Å². The van der Waals surface area contributed by atoms with Crippen LogP contribution in [0.5, 0.6) is 0 Å². The first-order chi connectivity index (χ1) is 32.2. The molecule has 0 radical (unpaired) electrons. The molecule has 304 valence electrons. The Kier molecular flexibility index (Phi) is 8.53. The summed E-state index contributed by atoms with van der Waals surface area (Å²) >= 11 is 0. The number of aromatic nitrogens is 1. The summed E-state index contributed by atoms with van der Waals surface area (Å²) in [6, 6.07) is 87.8. The van der Waals surface area contributed by atoms with E-state index < -0.39 is 0 Å². The monoisotopic (exact) mass is 828 g/mol. The minimum absolute atomic E-state index is 0.892. The maximum Gasteiger partial charge on any atom is 0.143 e. The number of para-hydroxylation sites is 6. The average molecular weight is 829 g/mol. The second-order valence-electron chi connectivity index (χ2n) is 16.8. The Morgan fingerprint density at radius 1 is 0.323 bits per heavy atom. The fraction of sp³-hybridized carbons (Fsp3) is 0. The summed E-state index contributed by atoms with van der Waals surface area (Å²) in [7, 11) is 0.